The van der Waals surface area contributed by atoms with Crippen LogP contribution in [0.15, 0.2) is 6.07 Å². The second kappa shape index (κ2) is 4.55. The summed E-state index contributed by atoms with van der Waals surface area (Å²) in [6.45, 7) is 7.13. The Morgan fingerprint density at radius 3 is 2.75 bits per heavy atom. The molecule has 0 N–H and O–H groups in total. The molecule has 1 aromatic rings. The Labute approximate surface area is 101 Å². The molecule has 88 valence electrons. The van der Waals surface area contributed by atoms with E-state index in [1.165, 1.54) is 0 Å². The highest BCUT2D eigenvalue weighted by Crippen LogP contribution is 2.19. The van der Waals surface area contributed by atoms with Gasteiger partial charge in [-0.05, 0) is 20.9 Å². The van der Waals surface area contributed by atoms with Gasteiger partial charge in [-0.25, -0.2) is 9.97 Å². The monoisotopic (exact) mass is 240 g/mol. The Balaban J connectivity index is 2.18. The van der Waals surface area contributed by atoms with E-state index in [1.807, 2.05) is 13.0 Å². The molecule has 0 saturated carbocycles. The maximum Gasteiger partial charge on any atom is 0.134 e. The van der Waals surface area contributed by atoms with Crippen molar-refractivity contribution in [2.75, 3.05) is 31.6 Å². The maximum atomic E-state index is 5.95. The van der Waals surface area contributed by atoms with Crippen LogP contribution in [0.2, 0.25) is 5.15 Å². The molecule has 1 fully saturated rings. The zero-order chi connectivity index (χ0) is 11.7. The molecule has 1 saturated heterocycles. The summed E-state index contributed by atoms with van der Waals surface area (Å²) >= 11 is 5.95. The number of hydrogen-bond acceptors (Lipinski definition) is 4. The van der Waals surface area contributed by atoms with Crippen molar-refractivity contribution >= 4 is 17.4 Å². The van der Waals surface area contributed by atoms with Crippen LogP contribution in [0.4, 0.5) is 5.82 Å². The summed E-state index contributed by atoms with van der Waals surface area (Å²) < 4.78 is 0. The molecule has 16 heavy (non-hydrogen) atoms. The predicted molar refractivity (Wildman–Crippen MR) is 66.1 cm³/mol. The fourth-order valence-corrected chi connectivity index (χ4v) is 2.15. The van der Waals surface area contributed by atoms with Gasteiger partial charge in [-0.15, -0.1) is 0 Å². The largest absolute Gasteiger partial charge is 0.354 e. The van der Waals surface area contributed by atoms with Gasteiger partial charge < -0.3 is 9.80 Å². The number of anilines is 1. The van der Waals surface area contributed by atoms with E-state index in [4.69, 9.17) is 11.6 Å². The van der Waals surface area contributed by atoms with E-state index < -0.39 is 0 Å². The third kappa shape index (κ3) is 2.44. The highest BCUT2D eigenvalue weighted by Gasteiger charge is 2.21. The normalized spacial score (nSPS) is 22.5. The molecule has 0 amide bonds. The lowest BCUT2D eigenvalue weighted by atomic mass is 10.2. The van der Waals surface area contributed by atoms with Gasteiger partial charge in [0.05, 0.1) is 0 Å². The molecule has 2 rings (SSSR count). The first-order chi connectivity index (χ1) is 7.56. The summed E-state index contributed by atoms with van der Waals surface area (Å²) in [4.78, 5) is 13.1. The first kappa shape index (κ1) is 11.6. The number of hydrogen-bond donors (Lipinski definition) is 0. The predicted octanol–water partition coefficient (Wildman–Crippen LogP) is 1.58. The zero-order valence-electron chi connectivity index (χ0n) is 9.94. The molecule has 1 atom stereocenters. The van der Waals surface area contributed by atoms with Crippen LogP contribution in [0.1, 0.15) is 12.7 Å². The SMILES string of the molecule is Cc1nc(Cl)cc(N2CCN(C)C(C)C2)n1. The highest BCUT2D eigenvalue weighted by atomic mass is 35.5. The molecule has 0 radical (unpaired) electrons. The molecule has 0 aromatic carbocycles. The molecule has 4 nitrogen and oxygen atoms in total. The van der Waals surface area contributed by atoms with Crippen LogP contribution in [0.25, 0.3) is 0 Å². The number of aromatic nitrogens is 2. The quantitative estimate of drug-likeness (QED) is 0.698. The highest BCUT2D eigenvalue weighted by molar-refractivity contribution is 6.29. The van der Waals surface area contributed by atoms with Crippen molar-refractivity contribution in [1.82, 2.24) is 14.9 Å². The van der Waals surface area contributed by atoms with Crippen LogP contribution in [0.3, 0.4) is 0 Å². The van der Waals surface area contributed by atoms with E-state index in [9.17, 15) is 0 Å². The first-order valence-corrected chi connectivity index (χ1v) is 5.90. The summed E-state index contributed by atoms with van der Waals surface area (Å²) in [6, 6.07) is 2.38. The number of halogens is 1. The second-order valence-corrected chi connectivity index (χ2v) is 4.76. The maximum absolute atomic E-state index is 5.95. The van der Waals surface area contributed by atoms with Crippen molar-refractivity contribution in [2.24, 2.45) is 0 Å². The van der Waals surface area contributed by atoms with Gasteiger partial charge in [-0.2, -0.15) is 0 Å². The zero-order valence-corrected chi connectivity index (χ0v) is 10.7. The van der Waals surface area contributed by atoms with Crippen LogP contribution in [0, 0.1) is 6.92 Å². The Hall–Kier alpha value is -0.870. The lowest BCUT2D eigenvalue weighted by molar-refractivity contribution is 0.233. The average Bonchev–Trinajstić information content (AvgIpc) is 2.20. The Morgan fingerprint density at radius 2 is 2.12 bits per heavy atom. The van der Waals surface area contributed by atoms with Crippen molar-refractivity contribution < 1.29 is 0 Å². The van der Waals surface area contributed by atoms with Crippen molar-refractivity contribution in [3.8, 4) is 0 Å². The Morgan fingerprint density at radius 1 is 1.38 bits per heavy atom. The standard InChI is InChI=1S/C11H17ClN4/c1-8-7-16(5-4-15(8)3)11-6-10(12)13-9(2)14-11/h6,8H,4-5,7H2,1-3H3. The second-order valence-electron chi connectivity index (χ2n) is 4.37. The summed E-state index contributed by atoms with van der Waals surface area (Å²) in [5, 5.41) is 0.522. The van der Waals surface area contributed by atoms with Gasteiger partial charge in [0.1, 0.15) is 16.8 Å². The number of rotatable bonds is 1. The molecule has 2 heterocycles. The van der Waals surface area contributed by atoms with Gasteiger partial charge in [0.25, 0.3) is 0 Å². The van der Waals surface area contributed by atoms with E-state index in [0.717, 1.165) is 31.3 Å². The molecule has 1 aliphatic rings. The van der Waals surface area contributed by atoms with Crippen LogP contribution in [0.5, 0.6) is 0 Å². The fourth-order valence-electron chi connectivity index (χ4n) is 1.93. The van der Waals surface area contributed by atoms with Gasteiger partial charge in [0.2, 0.25) is 0 Å². The number of piperazine rings is 1. The number of nitrogens with zero attached hydrogens (tertiary/aromatic N) is 4. The minimum atomic E-state index is 0.522. The van der Waals surface area contributed by atoms with Gasteiger partial charge >= 0.3 is 0 Å². The molecule has 1 aliphatic heterocycles. The van der Waals surface area contributed by atoms with E-state index in [2.05, 4.69) is 33.7 Å². The third-order valence-corrected chi connectivity index (χ3v) is 3.27. The number of likely N-dealkylation sites (N-methyl/N-ethyl adjacent to an activating group) is 1. The molecular formula is C11H17ClN4. The van der Waals surface area contributed by atoms with Crippen molar-refractivity contribution in [2.45, 2.75) is 19.9 Å². The molecule has 0 bridgehead atoms. The van der Waals surface area contributed by atoms with Crippen molar-refractivity contribution in [3.05, 3.63) is 17.0 Å². The molecule has 1 unspecified atom stereocenters. The van der Waals surface area contributed by atoms with Gasteiger partial charge in [-0.3, -0.25) is 0 Å². The van der Waals surface area contributed by atoms with Gasteiger partial charge in [0.15, 0.2) is 0 Å². The van der Waals surface area contributed by atoms with E-state index >= 15 is 0 Å². The van der Waals surface area contributed by atoms with Gasteiger partial charge in [0, 0.05) is 31.7 Å². The number of aryl methyl sites for hydroxylation is 1. The van der Waals surface area contributed by atoms with Crippen molar-refractivity contribution in [1.29, 1.82) is 0 Å². The Kier molecular flexibility index (Phi) is 3.30. The van der Waals surface area contributed by atoms with Crippen LogP contribution >= 0.6 is 11.6 Å². The minimum Gasteiger partial charge on any atom is -0.354 e. The van der Waals surface area contributed by atoms with Gasteiger partial charge in [-0.1, -0.05) is 11.6 Å². The minimum absolute atomic E-state index is 0.522. The van der Waals surface area contributed by atoms with E-state index in [0.29, 0.717) is 11.2 Å². The summed E-state index contributed by atoms with van der Waals surface area (Å²) in [5.41, 5.74) is 0. The van der Waals surface area contributed by atoms with Crippen LogP contribution in [-0.4, -0.2) is 47.6 Å². The summed E-state index contributed by atoms with van der Waals surface area (Å²) in [5.74, 6) is 1.67. The third-order valence-electron chi connectivity index (χ3n) is 3.08. The molecular weight excluding hydrogens is 224 g/mol. The van der Waals surface area contributed by atoms with Crippen LogP contribution in [-0.2, 0) is 0 Å². The lowest BCUT2D eigenvalue weighted by Crippen LogP contribution is -2.50. The Bertz CT molecular complexity index is 362. The smallest absolute Gasteiger partial charge is 0.134 e. The lowest BCUT2D eigenvalue weighted by Gasteiger charge is -2.38. The summed E-state index contributed by atoms with van der Waals surface area (Å²) in [6.07, 6.45) is 0. The van der Waals surface area contributed by atoms with Crippen molar-refractivity contribution in [3.63, 3.8) is 0 Å². The van der Waals surface area contributed by atoms with E-state index in [-0.39, 0.29) is 0 Å². The summed E-state index contributed by atoms with van der Waals surface area (Å²) in [7, 11) is 2.15. The average molecular weight is 241 g/mol. The molecule has 0 spiro atoms. The van der Waals surface area contributed by atoms with Crippen LogP contribution < -0.4 is 4.90 Å². The molecule has 1 aromatic heterocycles. The first-order valence-electron chi connectivity index (χ1n) is 5.52. The molecule has 5 heteroatoms. The fraction of sp³-hybridized carbons (Fsp3) is 0.636. The molecule has 0 aliphatic carbocycles. The topological polar surface area (TPSA) is 32.3 Å². The van der Waals surface area contributed by atoms with E-state index in [1.54, 1.807) is 0 Å².